The molecule has 0 bridgehead atoms. The molecule has 1 aromatic carbocycles. The van der Waals surface area contributed by atoms with E-state index >= 15 is 0 Å². The van der Waals surface area contributed by atoms with Crippen molar-refractivity contribution < 1.29 is 14.3 Å². The number of esters is 1. The quantitative estimate of drug-likeness (QED) is 0.809. The average Bonchev–Trinajstić information content (AvgIpc) is 2.54. The third kappa shape index (κ3) is 5.14. The summed E-state index contributed by atoms with van der Waals surface area (Å²) in [7, 11) is 0. The monoisotopic (exact) mass is 377 g/mol. The topological polar surface area (TPSA) is 81.2 Å². The first-order valence-corrected chi connectivity index (χ1v) is 7.75. The number of benzene rings is 1. The van der Waals surface area contributed by atoms with Gasteiger partial charge in [0.1, 0.15) is 0 Å². The van der Waals surface area contributed by atoms with Crippen LogP contribution in [0.15, 0.2) is 41.1 Å². The van der Waals surface area contributed by atoms with Crippen molar-refractivity contribution in [1.29, 1.82) is 0 Å². The Morgan fingerprint density at radius 2 is 1.91 bits per heavy atom. The Hall–Kier alpha value is -2.28. The fraction of sp³-hybridized carbons (Fsp3) is 0.250. The number of rotatable bonds is 5. The van der Waals surface area contributed by atoms with Crippen LogP contribution in [0.25, 0.3) is 0 Å². The normalized spacial score (nSPS) is 11.6. The number of aromatic nitrogens is 2. The molecule has 1 aromatic heterocycles. The highest BCUT2D eigenvalue weighted by Crippen LogP contribution is 2.16. The van der Waals surface area contributed by atoms with Gasteiger partial charge in [-0.25, -0.2) is 9.78 Å². The third-order valence-corrected chi connectivity index (χ3v) is 3.60. The van der Waals surface area contributed by atoms with E-state index in [9.17, 15) is 9.59 Å². The van der Waals surface area contributed by atoms with Gasteiger partial charge in [-0.2, -0.15) is 0 Å². The molecule has 0 aliphatic rings. The fourth-order valence-corrected chi connectivity index (χ4v) is 2.09. The molecule has 120 valence electrons. The van der Waals surface area contributed by atoms with Gasteiger partial charge in [-0.1, -0.05) is 28.1 Å². The second kappa shape index (κ2) is 7.82. The Bertz CT molecular complexity index is 687. The van der Waals surface area contributed by atoms with Crippen LogP contribution in [0.3, 0.4) is 0 Å². The first-order valence-electron chi connectivity index (χ1n) is 6.96. The van der Waals surface area contributed by atoms with Crippen LogP contribution in [0.1, 0.15) is 34.7 Å². The molecule has 0 spiro atoms. The summed E-state index contributed by atoms with van der Waals surface area (Å²) in [6, 6.07) is 7.42. The fourth-order valence-electron chi connectivity index (χ4n) is 1.82. The number of amides is 1. The summed E-state index contributed by atoms with van der Waals surface area (Å²) in [6.07, 6.45) is 2.78. The second-order valence-corrected chi connectivity index (χ2v) is 5.88. The molecule has 0 fully saturated rings. The average molecular weight is 378 g/mol. The molecule has 0 saturated carbocycles. The van der Waals surface area contributed by atoms with Gasteiger partial charge >= 0.3 is 5.97 Å². The number of hydrogen-bond donors (Lipinski definition) is 1. The summed E-state index contributed by atoms with van der Waals surface area (Å²) in [5.41, 5.74) is 1.73. The molecule has 7 heteroatoms. The Morgan fingerprint density at radius 3 is 2.52 bits per heavy atom. The molecule has 1 amide bonds. The van der Waals surface area contributed by atoms with Crippen LogP contribution in [-0.4, -0.2) is 28.5 Å². The lowest BCUT2D eigenvalue weighted by Gasteiger charge is -2.14. The zero-order valence-corrected chi connectivity index (χ0v) is 14.3. The summed E-state index contributed by atoms with van der Waals surface area (Å²) >= 11 is 3.36. The maximum Gasteiger partial charge on any atom is 0.359 e. The molecule has 1 heterocycles. The molecule has 0 aliphatic heterocycles. The van der Waals surface area contributed by atoms with E-state index in [4.69, 9.17) is 4.74 Å². The van der Waals surface area contributed by atoms with Crippen LogP contribution in [0.2, 0.25) is 0 Å². The molecule has 6 nitrogen and oxygen atoms in total. The van der Waals surface area contributed by atoms with Crippen molar-refractivity contribution >= 4 is 27.8 Å². The highest BCUT2D eigenvalue weighted by atomic mass is 79.9. The SMILES string of the molecule is Cc1cnc(C(=O)OCC(=O)N[C@@H](C)c2ccc(Br)cc2)cn1. The zero-order valence-electron chi connectivity index (χ0n) is 12.7. The van der Waals surface area contributed by atoms with E-state index in [1.807, 2.05) is 31.2 Å². The summed E-state index contributed by atoms with van der Waals surface area (Å²) in [4.78, 5) is 31.4. The Labute approximate surface area is 142 Å². The second-order valence-electron chi connectivity index (χ2n) is 4.96. The van der Waals surface area contributed by atoms with Crippen molar-refractivity contribution in [3.63, 3.8) is 0 Å². The van der Waals surface area contributed by atoms with Gasteiger partial charge in [-0.05, 0) is 31.5 Å². The maximum absolute atomic E-state index is 11.8. The number of nitrogens with one attached hydrogen (secondary N) is 1. The smallest absolute Gasteiger partial charge is 0.359 e. The molecule has 0 saturated heterocycles. The number of aryl methyl sites for hydroxylation is 1. The number of carbonyl (C=O) groups is 2. The Morgan fingerprint density at radius 1 is 1.22 bits per heavy atom. The van der Waals surface area contributed by atoms with Gasteiger partial charge in [0.25, 0.3) is 5.91 Å². The highest BCUT2D eigenvalue weighted by Gasteiger charge is 2.14. The molecule has 23 heavy (non-hydrogen) atoms. The lowest BCUT2D eigenvalue weighted by atomic mass is 10.1. The summed E-state index contributed by atoms with van der Waals surface area (Å²) < 4.78 is 5.89. The van der Waals surface area contributed by atoms with Crippen molar-refractivity contribution in [2.24, 2.45) is 0 Å². The van der Waals surface area contributed by atoms with Gasteiger partial charge in [0.05, 0.1) is 17.9 Å². The van der Waals surface area contributed by atoms with Crippen LogP contribution >= 0.6 is 15.9 Å². The first-order chi connectivity index (χ1) is 11.0. The van der Waals surface area contributed by atoms with E-state index in [2.05, 4.69) is 31.2 Å². The number of carbonyl (C=O) groups excluding carboxylic acids is 2. The minimum absolute atomic E-state index is 0.0735. The summed E-state index contributed by atoms with van der Waals surface area (Å²) in [5, 5.41) is 2.76. The van der Waals surface area contributed by atoms with Crippen LogP contribution in [0.5, 0.6) is 0 Å². The van der Waals surface area contributed by atoms with E-state index in [1.54, 1.807) is 6.92 Å². The van der Waals surface area contributed by atoms with Gasteiger partial charge in [-0.15, -0.1) is 0 Å². The minimum Gasteiger partial charge on any atom is -0.451 e. The predicted molar refractivity (Wildman–Crippen MR) is 87.8 cm³/mol. The number of nitrogens with zero attached hydrogens (tertiary/aromatic N) is 2. The predicted octanol–water partition coefficient (Wildman–Crippen LogP) is 2.58. The Kier molecular flexibility index (Phi) is 5.81. The van der Waals surface area contributed by atoms with Gasteiger partial charge in [-0.3, -0.25) is 9.78 Å². The van der Waals surface area contributed by atoms with E-state index in [0.29, 0.717) is 5.69 Å². The molecule has 0 radical (unpaired) electrons. The van der Waals surface area contributed by atoms with E-state index < -0.39 is 5.97 Å². The molecule has 0 unspecified atom stereocenters. The molecule has 1 N–H and O–H groups in total. The van der Waals surface area contributed by atoms with Crippen molar-refractivity contribution in [2.45, 2.75) is 19.9 Å². The summed E-state index contributed by atoms with van der Waals surface area (Å²) in [6.45, 7) is 3.25. The maximum atomic E-state index is 11.8. The molecule has 2 aromatic rings. The van der Waals surface area contributed by atoms with E-state index in [1.165, 1.54) is 12.4 Å². The van der Waals surface area contributed by atoms with Gasteiger partial charge in [0.15, 0.2) is 12.3 Å². The van der Waals surface area contributed by atoms with E-state index in [0.717, 1.165) is 10.0 Å². The van der Waals surface area contributed by atoms with Crippen molar-refractivity contribution in [2.75, 3.05) is 6.61 Å². The molecular formula is C16H16BrN3O3. The van der Waals surface area contributed by atoms with Crippen molar-refractivity contribution in [1.82, 2.24) is 15.3 Å². The molecule has 0 aliphatic carbocycles. The summed E-state index contributed by atoms with van der Waals surface area (Å²) in [5.74, 6) is -1.06. The number of halogens is 1. The van der Waals surface area contributed by atoms with Gasteiger partial charge in [0, 0.05) is 10.7 Å². The first kappa shape index (κ1) is 17.1. The van der Waals surface area contributed by atoms with Crippen LogP contribution in [-0.2, 0) is 9.53 Å². The number of hydrogen-bond acceptors (Lipinski definition) is 5. The van der Waals surface area contributed by atoms with Crippen LogP contribution in [0.4, 0.5) is 0 Å². The van der Waals surface area contributed by atoms with Crippen LogP contribution < -0.4 is 5.32 Å². The lowest BCUT2D eigenvalue weighted by molar-refractivity contribution is -0.124. The minimum atomic E-state index is -0.677. The highest BCUT2D eigenvalue weighted by molar-refractivity contribution is 9.10. The molecular weight excluding hydrogens is 362 g/mol. The van der Waals surface area contributed by atoms with E-state index in [-0.39, 0.29) is 24.2 Å². The van der Waals surface area contributed by atoms with Gasteiger partial charge < -0.3 is 10.1 Å². The van der Waals surface area contributed by atoms with Crippen molar-refractivity contribution in [3.05, 3.63) is 58.1 Å². The standard InChI is InChI=1S/C16H16BrN3O3/c1-10-7-19-14(8-18-10)16(22)23-9-15(21)20-11(2)12-3-5-13(17)6-4-12/h3-8,11H,9H2,1-2H3,(H,20,21)/t11-/m0/s1. The Balaban J connectivity index is 1.83. The zero-order chi connectivity index (χ0) is 16.8. The third-order valence-electron chi connectivity index (χ3n) is 3.07. The van der Waals surface area contributed by atoms with Gasteiger partial charge in [0.2, 0.25) is 0 Å². The van der Waals surface area contributed by atoms with Crippen LogP contribution in [0, 0.1) is 6.92 Å². The largest absolute Gasteiger partial charge is 0.451 e. The number of ether oxygens (including phenoxy) is 1. The molecule has 1 atom stereocenters. The lowest BCUT2D eigenvalue weighted by Crippen LogP contribution is -2.31. The molecule has 2 rings (SSSR count). The van der Waals surface area contributed by atoms with Crippen molar-refractivity contribution in [3.8, 4) is 0 Å².